The predicted octanol–water partition coefficient (Wildman–Crippen LogP) is 3.21. The number of rotatable bonds is 4. The normalized spacial score (nSPS) is 11.4. The highest BCUT2D eigenvalue weighted by molar-refractivity contribution is 7.18. The Morgan fingerprint density at radius 2 is 2.00 bits per heavy atom. The van der Waals surface area contributed by atoms with Crippen LogP contribution in [0.4, 0.5) is 4.39 Å². The van der Waals surface area contributed by atoms with Crippen molar-refractivity contribution in [2.24, 2.45) is 0 Å². The fourth-order valence-electron chi connectivity index (χ4n) is 2.55. The maximum absolute atomic E-state index is 13.3. The smallest absolute Gasteiger partial charge is 0.298 e. The van der Waals surface area contributed by atoms with Crippen molar-refractivity contribution in [2.45, 2.75) is 33.2 Å². The molecule has 5 nitrogen and oxygen atoms in total. The standard InChI is InChI=1S/C18H17FN2O3S/c1-9(2)15-7-12-16(25-15)20-18(24)21(17(12)23)8-14(22)11-4-5-13(19)10(3)6-11/h4-7,9H,8H2,1-3H3,(H,20,24). The Kier molecular flexibility index (Phi) is 4.43. The number of aryl methyl sites for hydroxylation is 1. The summed E-state index contributed by atoms with van der Waals surface area (Å²) in [6.45, 7) is 5.17. The second kappa shape index (κ2) is 6.40. The number of nitrogens with one attached hydrogen (secondary N) is 1. The second-order valence-electron chi connectivity index (χ2n) is 6.25. The van der Waals surface area contributed by atoms with E-state index in [1.165, 1.54) is 29.5 Å². The average Bonchev–Trinajstić information content (AvgIpc) is 2.98. The van der Waals surface area contributed by atoms with E-state index in [1.807, 2.05) is 13.8 Å². The van der Waals surface area contributed by atoms with Gasteiger partial charge >= 0.3 is 5.69 Å². The van der Waals surface area contributed by atoms with Crippen molar-refractivity contribution in [3.63, 3.8) is 0 Å². The Morgan fingerprint density at radius 1 is 1.28 bits per heavy atom. The number of carbonyl (C=O) groups excluding carboxylic acids is 1. The fraction of sp³-hybridized carbons (Fsp3) is 0.278. The third kappa shape index (κ3) is 3.19. The van der Waals surface area contributed by atoms with Crippen molar-refractivity contribution in [3.05, 3.63) is 66.9 Å². The van der Waals surface area contributed by atoms with Crippen molar-refractivity contribution in [1.82, 2.24) is 9.55 Å². The van der Waals surface area contributed by atoms with Crippen LogP contribution in [0.2, 0.25) is 0 Å². The molecule has 0 bridgehead atoms. The number of halogens is 1. The number of aromatic nitrogens is 2. The van der Waals surface area contributed by atoms with Crippen LogP contribution in [0.1, 0.15) is 40.6 Å². The Morgan fingerprint density at radius 3 is 2.64 bits per heavy atom. The third-order valence-electron chi connectivity index (χ3n) is 4.04. The monoisotopic (exact) mass is 360 g/mol. The molecule has 0 aliphatic heterocycles. The lowest BCUT2D eigenvalue weighted by Gasteiger charge is -2.05. The molecule has 0 spiro atoms. The lowest BCUT2D eigenvalue weighted by atomic mass is 10.1. The Balaban J connectivity index is 2.03. The molecule has 3 rings (SSSR count). The van der Waals surface area contributed by atoms with E-state index in [0.717, 1.165) is 9.44 Å². The van der Waals surface area contributed by atoms with E-state index in [0.29, 0.717) is 15.8 Å². The van der Waals surface area contributed by atoms with Gasteiger partial charge in [-0.1, -0.05) is 13.8 Å². The summed E-state index contributed by atoms with van der Waals surface area (Å²) in [6.07, 6.45) is 0. The van der Waals surface area contributed by atoms with E-state index in [4.69, 9.17) is 0 Å². The van der Waals surface area contributed by atoms with Crippen LogP contribution >= 0.6 is 11.3 Å². The van der Waals surface area contributed by atoms with Crippen molar-refractivity contribution in [1.29, 1.82) is 0 Å². The summed E-state index contributed by atoms with van der Waals surface area (Å²) >= 11 is 1.37. The van der Waals surface area contributed by atoms with Crippen LogP contribution in [-0.4, -0.2) is 15.3 Å². The Bertz CT molecular complexity index is 1090. The van der Waals surface area contributed by atoms with Gasteiger partial charge in [-0.25, -0.2) is 9.18 Å². The first kappa shape index (κ1) is 17.3. The van der Waals surface area contributed by atoms with Gasteiger partial charge in [-0.3, -0.25) is 19.1 Å². The first-order valence-corrected chi connectivity index (χ1v) is 8.65. The van der Waals surface area contributed by atoms with E-state index in [2.05, 4.69) is 4.98 Å². The summed E-state index contributed by atoms with van der Waals surface area (Å²) in [5.41, 5.74) is -0.517. The zero-order valence-corrected chi connectivity index (χ0v) is 14.9. The fourth-order valence-corrected chi connectivity index (χ4v) is 3.59. The molecule has 3 aromatic rings. The number of Topliss-reactive ketones (excluding diaryl/α,β-unsaturated/α-hetero) is 1. The molecule has 0 saturated heterocycles. The summed E-state index contributed by atoms with van der Waals surface area (Å²) in [5, 5.41) is 0.399. The minimum atomic E-state index is -0.623. The highest BCUT2D eigenvalue weighted by Gasteiger charge is 2.16. The summed E-state index contributed by atoms with van der Waals surface area (Å²) in [7, 11) is 0. The van der Waals surface area contributed by atoms with Gasteiger partial charge in [0.25, 0.3) is 5.56 Å². The van der Waals surface area contributed by atoms with Gasteiger partial charge in [-0.2, -0.15) is 0 Å². The van der Waals surface area contributed by atoms with Crippen LogP contribution in [0.25, 0.3) is 10.2 Å². The highest BCUT2D eigenvalue weighted by atomic mass is 32.1. The van der Waals surface area contributed by atoms with Crippen molar-refractivity contribution >= 4 is 27.3 Å². The molecule has 0 atom stereocenters. The van der Waals surface area contributed by atoms with Crippen LogP contribution in [-0.2, 0) is 6.54 Å². The minimum absolute atomic E-state index is 0.234. The van der Waals surface area contributed by atoms with Gasteiger partial charge in [0, 0.05) is 10.4 Å². The van der Waals surface area contributed by atoms with E-state index in [1.54, 1.807) is 13.0 Å². The molecule has 130 valence electrons. The zero-order chi connectivity index (χ0) is 18.3. The van der Waals surface area contributed by atoms with E-state index >= 15 is 0 Å². The number of aromatic amines is 1. The molecule has 0 amide bonds. The molecule has 2 heterocycles. The second-order valence-corrected chi connectivity index (χ2v) is 7.34. The molecule has 2 aromatic heterocycles. The van der Waals surface area contributed by atoms with Crippen LogP contribution in [0.3, 0.4) is 0 Å². The molecule has 0 aliphatic rings. The van der Waals surface area contributed by atoms with Gasteiger partial charge < -0.3 is 0 Å². The maximum atomic E-state index is 13.3. The number of carbonyl (C=O) groups is 1. The van der Waals surface area contributed by atoms with E-state index < -0.39 is 22.8 Å². The van der Waals surface area contributed by atoms with Crippen LogP contribution in [0, 0.1) is 12.7 Å². The average molecular weight is 360 g/mol. The number of hydrogen-bond donors (Lipinski definition) is 1. The van der Waals surface area contributed by atoms with Gasteiger partial charge in [0.05, 0.1) is 11.9 Å². The molecule has 0 saturated carbocycles. The summed E-state index contributed by atoms with van der Waals surface area (Å²) < 4.78 is 14.2. The Labute approximate surface area is 146 Å². The zero-order valence-electron chi connectivity index (χ0n) is 14.1. The van der Waals surface area contributed by atoms with Gasteiger partial charge in [0.1, 0.15) is 10.6 Å². The Hall–Kier alpha value is -2.54. The predicted molar refractivity (Wildman–Crippen MR) is 96.3 cm³/mol. The summed E-state index contributed by atoms with van der Waals surface area (Å²) in [4.78, 5) is 41.4. The molecule has 1 aromatic carbocycles. The molecule has 0 aliphatic carbocycles. The van der Waals surface area contributed by atoms with Crippen molar-refractivity contribution in [2.75, 3.05) is 0 Å². The SMILES string of the molecule is Cc1cc(C(=O)Cn2c(=O)[nH]c3sc(C(C)C)cc3c2=O)ccc1F. The lowest BCUT2D eigenvalue weighted by molar-refractivity contribution is 0.0969. The molecular weight excluding hydrogens is 343 g/mol. The number of H-pyrrole nitrogens is 1. The first-order valence-electron chi connectivity index (χ1n) is 7.84. The summed E-state index contributed by atoms with van der Waals surface area (Å²) in [5.74, 6) is -0.598. The van der Waals surface area contributed by atoms with Crippen LogP contribution < -0.4 is 11.2 Å². The van der Waals surface area contributed by atoms with E-state index in [9.17, 15) is 18.8 Å². The number of hydrogen-bond acceptors (Lipinski definition) is 4. The number of nitrogens with zero attached hydrogens (tertiary/aromatic N) is 1. The van der Waals surface area contributed by atoms with Crippen molar-refractivity contribution in [3.8, 4) is 0 Å². The number of fused-ring (bicyclic) bond motifs is 1. The van der Waals surface area contributed by atoms with Gasteiger partial charge in [0.2, 0.25) is 0 Å². The molecule has 0 fully saturated rings. The summed E-state index contributed by atoms with van der Waals surface area (Å²) in [6, 6.07) is 5.72. The lowest BCUT2D eigenvalue weighted by Crippen LogP contribution is -2.36. The van der Waals surface area contributed by atoms with Crippen LogP contribution in [0.15, 0.2) is 33.9 Å². The highest BCUT2D eigenvalue weighted by Crippen LogP contribution is 2.26. The minimum Gasteiger partial charge on any atom is -0.298 e. The van der Waals surface area contributed by atoms with Crippen molar-refractivity contribution < 1.29 is 9.18 Å². The molecule has 0 unspecified atom stereocenters. The molecule has 1 N–H and O–H groups in total. The van der Waals surface area contributed by atoms with Gasteiger partial charge in [0.15, 0.2) is 5.78 Å². The topological polar surface area (TPSA) is 71.9 Å². The molecular formula is C18H17FN2O3S. The molecule has 0 radical (unpaired) electrons. The van der Waals surface area contributed by atoms with Gasteiger partial charge in [-0.15, -0.1) is 11.3 Å². The number of benzene rings is 1. The first-order chi connectivity index (χ1) is 11.8. The van der Waals surface area contributed by atoms with E-state index in [-0.39, 0.29) is 18.0 Å². The quantitative estimate of drug-likeness (QED) is 0.726. The largest absolute Gasteiger partial charge is 0.329 e. The van der Waals surface area contributed by atoms with Gasteiger partial charge in [-0.05, 0) is 42.7 Å². The third-order valence-corrected chi connectivity index (χ3v) is 5.39. The maximum Gasteiger partial charge on any atom is 0.329 e. The molecule has 25 heavy (non-hydrogen) atoms. The van der Waals surface area contributed by atoms with Crippen LogP contribution in [0.5, 0.6) is 0 Å². The number of thiophene rings is 1. The molecule has 7 heteroatoms. The number of ketones is 1.